The van der Waals surface area contributed by atoms with E-state index in [1.54, 1.807) is 0 Å². The Bertz CT molecular complexity index is 250. The molecule has 0 bridgehead atoms. The third kappa shape index (κ3) is 2.40. The number of benzene rings is 1. The number of rotatable bonds is 1. The van der Waals surface area contributed by atoms with Crippen LogP contribution in [-0.2, 0) is 0 Å². The third-order valence-corrected chi connectivity index (χ3v) is 7.58. The average molecular weight is 256 g/mol. The minimum absolute atomic E-state index is 0.897. The topological polar surface area (TPSA) is 26.0 Å². The Morgan fingerprint density at radius 2 is 1.82 bits per heavy atom. The van der Waals surface area contributed by atoms with Gasteiger partial charge >= 0.3 is 72.5 Å². The Morgan fingerprint density at radius 3 is 2.18 bits per heavy atom. The zero-order chi connectivity index (χ0) is 8.48. The van der Waals surface area contributed by atoms with E-state index >= 15 is 0 Å². The van der Waals surface area contributed by atoms with Gasteiger partial charge in [-0.05, 0) is 0 Å². The second-order valence-electron chi connectivity index (χ2n) is 3.88. The Morgan fingerprint density at radius 1 is 1.18 bits per heavy atom. The van der Waals surface area contributed by atoms with Gasteiger partial charge in [-0.15, -0.1) is 0 Å². The fraction of sp³-hybridized carbons (Fsp3) is 0.333. The summed E-state index contributed by atoms with van der Waals surface area (Å²) in [5.41, 5.74) is 6.59. The first-order valence-electron chi connectivity index (χ1n) is 3.86. The maximum atomic E-state index is 5.69. The molecule has 0 aliphatic rings. The van der Waals surface area contributed by atoms with Gasteiger partial charge in [0.05, 0.1) is 0 Å². The van der Waals surface area contributed by atoms with E-state index in [9.17, 15) is 0 Å². The van der Waals surface area contributed by atoms with Crippen LogP contribution in [0, 0.1) is 0 Å². The van der Waals surface area contributed by atoms with Gasteiger partial charge < -0.3 is 0 Å². The van der Waals surface area contributed by atoms with Crippen molar-refractivity contribution in [1.82, 2.24) is 0 Å². The molecule has 2 heteroatoms. The Labute approximate surface area is 72.5 Å². The van der Waals surface area contributed by atoms with Crippen molar-refractivity contribution < 1.29 is 0 Å². The third-order valence-electron chi connectivity index (χ3n) is 1.75. The van der Waals surface area contributed by atoms with Gasteiger partial charge in [0.1, 0.15) is 0 Å². The second-order valence-corrected chi connectivity index (χ2v) is 18.4. The molecule has 11 heavy (non-hydrogen) atoms. The van der Waals surface area contributed by atoms with Crippen LogP contribution in [0.5, 0.6) is 0 Å². The van der Waals surface area contributed by atoms with Gasteiger partial charge in [-0.25, -0.2) is 0 Å². The summed E-state index contributed by atoms with van der Waals surface area (Å²) in [6.07, 6.45) is 0. The molecule has 2 N–H and O–H groups in total. The molecule has 0 heterocycles. The van der Waals surface area contributed by atoms with Crippen molar-refractivity contribution in [3.63, 3.8) is 0 Å². The standard InChI is InChI=1S/C6H6N.3CH3.Sn/c7-6-4-2-1-3-5-6;;;;/h1-2,4-5H,7H2;3*1H3;. The summed E-state index contributed by atoms with van der Waals surface area (Å²) < 4.78 is 1.50. The van der Waals surface area contributed by atoms with Crippen molar-refractivity contribution >= 4 is 27.6 Å². The van der Waals surface area contributed by atoms with Crippen LogP contribution < -0.4 is 9.31 Å². The summed E-state index contributed by atoms with van der Waals surface area (Å²) in [5.74, 6) is 0. The predicted molar refractivity (Wildman–Crippen MR) is 53.8 cm³/mol. The minimum atomic E-state index is -1.84. The van der Waals surface area contributed by atoms with E-state index in [1.807, 2.05) is 12.1 Å². The number of hydrogen-bond acceptors (Lipinski definition) is 1. The normalized spacial score (nSPS) is 11.5. The van der Waals surface area contributed by atoms with Crippen LogP contribution in [0.2, 0.25) is 14.8 Å². The van der Waals surface area contributed by atoms with E-state index in [0.29, 0.717) is 0 Å². The number of hydrogen-bond donors (Lipinski definition) is 1. The summed E-state index contributed by atoms with van der Waals surface area (Å²) >= 11 is -1.84. The molecule has 60 valence electrons. The second kappa shape index (κ2) is 3.05. The van der Waals surface area contributed by atoms with E-state index in [1.165, 1.54) is 3.58 Å². The molecule has 0 amide bonds. The number of nitrogen functional groups attached to an aromatic ring is 1. The summed E-state index contributed by atoms with van der Waals surface area (Å²) in [4.78, 5) is 7.18. The van der Waals surface area contributed by atoms with Crippen LogP contribution in [-0.4, -0.2) is 18.4 Å². The van der Waals surface area contributed by atoms with E-state index < -0.39 is 18.4 Å². The Hall–Kier alpha value is -0.181. The molecule has 1 nitrogen and oxygen atoms in total. The van der Waals surface area contributed by atoms with Crippen LogP contribution in [0.3, 0.4) is 0 Å². The molecule has 0 atom stereocenters. The molecule has 1 rings (SSSR count). The van der Waals surface area contributed by atoms with Crippen LogP contribution in [0.4, 0.5) is 5.69 Å². The van der Waals surface area contributed by atoms with E-state index in [4.69, 9.17) is 5.73 Å². The van der Waals surface area contributed by atoms with Crippen molar-refractivity contribution in [2.75, 3.05) is 5.73 Å². The molecule has 0 aliphatic heterocycles. The zero-order valence-corrected chi connectivity index (χ0v) is 10.2. The molecule has 1 aromatic rings. The van der Waals surface area contributed by atoms with Crippen molar-refractivity contribution in [2.24, 2.45) is 0 Å². The average Bonchev–Trinajstić information content (AvgIpc) is 1.86. The molecule has 0 unspecified atom stereocenters. The van der Waals surface area contributed by atoms with Crippen LogP contribution in [0.15, 0.2) is 24.3 Å². The van der Waals surface area contributed by atoms with E-state index in [0.717, 1.165) is 5.69 Å². The fourth-order valence-corrected chi connectivity index (χ4v) is 4.42. The van der Waals surface area contributed by atoms with Gasteiger partial charge in [0.25, 0.3) is 0 Å². The molecule has 0 aliphatic carbocycles. The van der Waals surface area contributed by atoms with Gasteiger partial charge in [0.2, 0.25) is 0 Å². The Kier molecular flexibility index (Phi) is 2.47. The summed E-state index contributed by atoms with van der Waals surface area (Å²) in [6.45, 7) is 0. The van der Waals surface area contributed by atoms with Crippen LogP contribution in [0.1, 0.15) is 0 Å². The fourth-order valence-electron chi connectivity index (χ4n) is 1.01. The summed E-state index contributed by atoms with van der Waals surface area (Å²) in [6, 6.07) is 8.32. The molecule has 0 aromatic heterocycles. The van der Waals surface area contributed by atoms with Gasteiger partial charge in [-0.3, -0.25) is 0 Å². The van der Waals surface area contributed by atoms with Gasteiger partial charge in [0, 0.05) is 0 Å². The zero-order valence-electron chi connectivity index (χ0n) is 7.39. The predicted octanol–water partition coefficient (Wildman–Crippen LogP) is 1.81. The van der Waals surface area contributed by atoms with Gasteiger partial charge in [-0.1, -0.05) is 0 Å². The molecule has 0 spiro atoms. The van der Waals surface area contributed by atoms with Crippen molar-refractivity contribution in [1.29, 1.82) is 0 Å². The Balaban J connectivity index is 3.06. The molecule has 0 fully saturated rings. The first-order valence-corrected chi connectivity index (χ1v) is 13.8. The molecular weight excluding hydrogens is 241 g/mol. The van der Waals surface area contributed by atoms with E-state index in [-0.39, 0.29) is 0 Å². The quantitative estimate of drug-likeness (QED) is 0.601. The molecule has 0 saturated carbocycles. The number of anilines is 1. The van der Waals surface area contributed by atoms with Crippen LogP contribution >= 0.6 is 0 Å². The molecule has 0 radical (unpaired) electrons. The van der Waals surface area contributed by atoms with Crippen LogP contribution in [0.25, 0.3) is 0 Å². The van der Waals surface area contributed by atoms with E-state index in [2.05, 4.69) is 27.0 Å². The summed E-state index contributed by atoms with van der Waals surface area (Å²) in [7, 11) is 0. The monoisotopic (exact) mass is 257 g/mol. The van der Waals surface area contributed by atoms with Crippen molar-refractivity contribution in [3.05, 3.63) is 24.3 Å². The maximum absolute atomic E-state index is 5.69. The summed E-state index contributed by atoms with van der Waals surface area (Å²) in [5, 5.41) is 0. The first-order chi connectivity index (χ1) is 5.00. The molecule has 0 saturated heterocycles. The SMILES string of the molecule is [CH3][Sn]([CH3])([CH3])[c]1cccc(N)c1. The first kappa shape index (κ1) is 8.91. The molecule has 1 aromatic carbocycles. The van der Waals surface area contributed by atoms with Crippen molar-refractivity contribution in [3.8, 4) is 0 Å². The van der Waals surface area contributed by atoms with Gasteiger partial charge in [-0.2, -0.15) is 0 Å². The van der Waals surface area contributed by atoms with Crippen molar-refractivity contribution in [2.45, 2.75) is 14.8 Å². The number of nitrogens with two attached hydrogens (primary N) is 1. The van der Waals surface area contributed by atoms with Gasteiger partial charge in [0.15, 0.2) is 0 Å². The molecular formula is C9H15NSn.